The molecule has 4 rings (SSSR count). The number of benzene rings is 1. The molecule has 0 saturated heterocycles. The smallest absolute Gasteiger partial charge is 0.225 e. The first-order valence-corrected chi connectivity index (χ1v) is 14.3. The van der Waals surface area contributed by atoms with E-state index in [0.29, 0.717) is 12.3 Å². The number of nitrogens with zero attached hydrogens (tertiary/aromatic N) is 1. The van der Waals surface area contributed by atoms with E-state index in [-0.39, 0.29) is 22.8 Å². The first kappa shape index (κ1) is 25.2. The quantitative estimate of drug-likeness (QED) is 0.633. The molecular weight excluding hydrogens is 446 g/mol. The summed E-state index contributed by atoms with van der Waals surface area (Å²) in [6, 6.07) is 4.11. The van der Waals surface area contributed by atoms with Gasteiger partial charge in [0.1, 0.15) is 5.25 Å². The Hall–Kier alpha value is -1.86. The number of hydrogen-bond donors (Lipinski definition) is 2. The third-order valence-corrected chi connectivity index (χ3v) is 9.28. The highest BCUT2D eigenvalue weighted by Crippen LogP contribution is 2.46. The summed E-state index contributed by atoms with van der Waals surface area (Å²) >= 11 is 0. The maximum Gasteiger partial charge on any atom is 0.225 e. The first-order valence-electron chi connectivity index (χ1n) is 12.7. The van der Waals surface area contributed by atoms with Crippen LogP contribution in [-0.4, -0.2) is 37.1 Å². The number of rotatable bonds is 4. The van der Waals surface area contributed by atoms with Crippen molar-refractivity contribution in [2.45, 2.75) is 102 Å². The Bertz CT molecular complexity index is 1090. The molecule has 7 heteroatoms. The third-order valence-electron chi connectivity index (χ3n) is 8.00. The minimum atomic E-state index is -3.73. The molecule has 2 atom stereocenters. The van der Waals surface area contributed by atoms with Crippen LogP contribution in [0.3, 0.4) is 0 Å². The molecule has 0 spiro atoms. The van der Waals surface area contributed by atoms with E-state index < -0.39 is 15.3 Å². The summed E-state index contributed by atoms with van der Waals surface area (Å²) in [6.07, 6.45) is 8.44. The Kier molecular flexibility index (Phi) is 6.43. The van der Waals surface area contributed by atoms with Crippen molar-refractivity contribution in [1.29, 1.82) is 0 Å². The summed E-state index contributed by atoms with van der Waals surface area (Å²) < 4.78 is 25.0. The van der Waals surface area contributed by atoms with Crippen LogP contribution in [0.4, 0.5) is 5.69 Å². The van der Waals surface area contributed by atoms with E-state index in [4.69, 9.17) is 5.14 Å². The number of nitrogens with two attached hydrogens (primary N) is 1. The zero-order valence-corrected chi connectivity index (χ0v) is 22.4. The average Bonchev–Trinajstić information content (AvgIpc) is 3.03. The number of anilines is 1. The monoisotopic (exact) mass is 487 g/mol. The van der Waals surface area contributed by atoms with Crippen LogP contribution in [0.25, 0.3) is 5.70 Å². The first-order chi connectivity index (χ1) is 15.7. The molecule has 3 aliphatic rings. The Labute approximate surface area is 205 Å². The Morgan fingerprint density at radius 1 is 1.15 bits per heavy atom. The van der Waals surface area contributed by atoms with Crippen molar-refractivity contribution in [2.75, 3.05) is 11.9 Å². The van der Waals surface area contributed by atoms with Gasteiger partial charge in [0, 0.05) is 35.8 Å². The number of carbonyl (C=O) groups is 1. The molecule has 0 aromatic heterocycles. The Morgan fingerprint density at radius 2 is 1.79 bits per heavy atom. The highest BCUT2D eigenvalue weighted by Gasteiger charge is 2.41. The van der Waals surface area contributed by atoms with Crippen LogP contribution >= 0.6 is 0 Å². The molecule has 0 radical (unpaired) electrons. The number of hydrogen-bond acceptors (Lipinski definition) is 4. The van der Waals surface area contributed by atoms with Gasteiger partial charge in [-0.1, -0.05) is 53.9 Å². The molecule has 188 valence electrons. The second-order valence-electron chi connectivity index (χ2n) is 12.3. The fraction of sp³-hybridized carbons (Fsp3) is 0.667. The van der Waals surface area contributed by atoms with Crippen molar-refractivity contribution >= 4 is 27.3 Å². The van der Waals surface area contributed by atoms with Crippen LogP contribution in [0.15, 0.2) is 18.2 Å². The van der Waals surface area contributed by atoms with Crippen LogP contribution < -0.4 is 10.5 Å². The van der Waals surface area contributed by atoms with E-state index in [0.717, 1.165) is 34.6 Å². The molecule has 1 aliphatic carbocycles. The molecule has 3 N–H and O–H groups in total. The lowest BCUT2D eigenvalue weighted by Gasteiger charge is -2.38. The molecule has 1 aromatic carbocycles. The van der Waals surface area contributed by atoms with Gasteiger partial charge in [-0.2, -0.15) is 0 Å². The fourth-order valence-electron chi connectivity index (χ4n) is 6.06. The fourth-order valence-corrected chi connectivity index (χ4v) is 7.08. The average molecular weight is 488 g/mol. The van der Waals surface area contributed by atoms with Crippen LogP contribution in [0, 0.1) is 5.92 Å². The molecule has 1 fully saturated rings. The van der Waals surface area contributed by atoms with Crippen molar-refractivity contribution in [2.24, 2.45) is 11.1 Å². The van der Waals surface area contributed by atoms with Gasteiger partial charge >= 0.3 is 0 Å². The molecule has 2 heterocycles. The summed E-state index contributed by atoms with van der Waals surface area (Å²) in [5.41, 5.74) is 4.56. The van der Waals surface area contributed by atoms with Crippen molar-refractivity contribution in [3.8, 4) is 0 Å². The van der Waals surface area contributed by atoms with E-state index in [1.807, 2.05) is 13.0 Å². The molecule has 6 nitrogen and oxygen atoms in total. The molecule has 1 aromatic rings. The van der Waals surface area contributed by atoms with Gasteiger partial charge in [0.25, 0.3) is 0 Å². The van der Waals surface area contributed by atoms with Crippen molar-refractivity contribution < 1.29 is 13.2 Å². The lowest BCUT2D eigenvalue weighted by molar-refractivity contribution is -0.117. The summed E-state index contributed by atoms with van der Waals surface area (Å²) in [5, 5.41) is 8.10. The zero-order chi connectivity index (χ0) is 25.1. The van der Waals surface area contributed by atoms with Crippen molar-refractivity contribution in [3.05, 3.63) is 34.9 Å². The van der Waals surface area contributed by atoms with Crippen LogP contribution in [0.1, 0.15) is 96.8 Å². The van der Waals surface area contributed by atoms with Gasteiger partial charge in [-0.3, -0.25) is 4.79 Å². The van der Waals surface area contributed by atoms with Crippen molar-refractivity contribution in [1.82, 2.24) is 4.90 Å². The van der Waals surface area contributed by atoms with Gasteiger partial charge in [-0.15, -0.1) is 0 Å². The summed E-state index contributed by atoms with van der Waals surface area (Å²) in [5.74, 6) is 0.604. The molecular formula is C27H41N3O3S. The van der Waals surface area contributed by atoms with Gasteiger partial charge in [-0.25, -0.2) is 13.6 Å². The number of fused-ring (bicyclic) bond motifs is 1. The lowest BCUT2D eigenvalue weighted by Crippen LogP contribution is -2.42. The Balaban J connectivity index is 1.86. The highest BCUT2D eigenvalue weighted by atomic mass is 32.2. The SMILES string of the molecule is CC1C(S(N)(=O)=O)C=C(c2cc(C(C)(C)C)c3c(c2)C(C)(C)CC(=O)N3)N1CC1CCCCC1. The standard InChI is InChI=1S/C27H41N3O3S/c1-17-23(34(28,32)33)14-22(30(17)16-18-10-8-7-9-11-18)19-12-20(26(2,3)4)25-21(13-19)27(5,6)15-24(31)29-25/h12-14,17-18,23H,7-11,15-16H2,1-6H3,(H,29,31)(H2,28,32,33). The number of carbonyl (C=O) groups excluding carboxylic acids is 1. The second-order valence-corrected chi connectivity index (χ2v) is 14.0. The third kappa shape index (κ3) is 4.78. The predicted octanol–water partition coefficient (Wildman–Crippen LogP) is 4.89. The van der Waals surface area contributed by atoms with E-state index in [9.17, 15) is 13.2 Å². The molecule has 1 amide bonds. The zero-order valence-electron chi connectivity index (χ0n) is 21.6. The van der Waals surface area contributed by atoms with E-state index in [2.05, 4.69) is 57.0 Å². The topological polar surface area (TPSA) is 92.5 Å². The summed E-state index contributed by atoms with van der Waals surface area (Å²) in [6.45, 7) is 13.5. The largest absolute Gasteiger partial charge is 0.367 e. The van der Waals surface area contributed by atoms with Gasteiger partial charge in [0.05, 0.1) is 0 Å². The number of amides is 1. The highest BCUT2D eigenvalue weighted by molar-refractivity contribution is 7.90. The molecule has 2 aliphatic heterocycles. The van der Waals surface area contributed by atoms with Crippen LogP contribution in [0.5, 0.6) is 0 Å². The summed E-state index contributed by atoms with van der Waals surface area (Å²) in [4.78, 5) is 14.8. The van der Waals surface area contributed by atoms with Gasteiger partial charge in [0.2, 0.25) is 15.9 Å². The minimum absolute atomic E-state index is 0.0395. The molecule has 34 heavy (non-hydrogen) atoms. The van der Waals surface area contributed by atoms with Crippen LogP contribution in [-0.2, 0) is 25.6 Å². The van der Waals surface area contributed by atoms with Crippen molar-refractivity contribution in [3.63, 3.8) is 0 Å². The number of nitrogens with one attached hydrogen (secondary N) is 1. The van der Waals surface area contributed by atoms with E-state index in [1.165, 1.54) is 32.1 Å². The molecule has 1 saturated carbocycles. The minimum Gasteiger partial charge on any atom is -0.367 e. The van der Waals surface area contributed by atoms with E-state index in [1.54, 1.807) is 0 Å². The van der Waals surface area contributed by atoms with Gasteiger partial charge in [0.15, 0.2) is 0 Å². The number of sulfonamides is 1. The molecule has 0 bridgehead atoms. The maximum atomic E-state index is 12.5. The number of primary sulfonamides is 1. The second kappa shape index (κ2) is 8.66. The Morgan fingerprint density at radius 3 is 2.38 bits per heavy atom. The maximum absolute atomic E-state index is 12.5. The molecule has 2 unspecified atom stereocenters. The normalized spacial score (nSPS) is 25.7. The summed E-state index contributed by atoms with van der Waals surface area (Å²) in [7, 11) is -3.73. The predicted molar refractivity (Wildman–Crippen MR) is 139 cm³/mol. The van der Waals surface area contributed by atoms with Crippen LogP contribution in [0.2, 0.25) is 0 Å². The lowest BCUT2D eigenvalue weighted by atomic mass is 9.73. The van der Waals surface area contributed by atoms with Gasteiger partial charge < -0.3 is 10.2 Å². The van der Waals surface area contributed by atoms with E-state index >= 15 is 0 Å². The van der Waals surface area contributed by atoms with Gasteiger partial charge in [-0.05, 0) is 66.0 Å².